The molecule has 4 aliphatic rings. The fourth-order valence-electron chi connectivity index (χ4n) is 5.20. The quantitative estimate of drug-likeness (QED) is 0.820. The maximum atomic E-state index is 12.6. The highest BCUT2D eigenvalue weighted by Gasteiger charge is 2.47. The maximum absolute atomic E-state index is 12.6. The zero-order valence-corrected chi connectivity index (χ0v) is 14.5. The first kappa shape index (κ1) is 15.5. The lowest BCUT2D eigenvalue weighted by molar-refractivity contribution is -0.123. The number of fused-ring (bicyclic) bond motifs is 1. The summed E-state index contributed by atoms with van der Waals surface area (Å²) in [6, 6.07) is 0.502. The third-order valence-corrected chi connectivity index (χ3v) is 8.10. The topological polar surface area (TPSA) is 41.1 Å². The van der Waals surface area contributed by atoms with Gasteiger partial charge in [-0.05, 0) is 43.9 Å². The van der Waals surface area contributed by atoms with Gasteiger partial charge >= 0.3 is 0 Å². The predicted molar refractivity (Wildman–Crippen MR) is 92.0 cm³/mol. The van der Waals surface area contributed by atoms with Crippen LogP contribution in [0, 0.1) is 11.8 Å². The molecule has 0 spiro atoms. The minimum Gasteiger partial charge on any atom is -0.298 e. The third kappa shape index (κ3) is 2.99. The predicted octanol–water partition coefficient (Wildman–Crippen LogP) is 3.09. The van der Waals surface area contributed by atoms with Gasteiger partial charge in [0.05, 0.1) is 12.2 Å². The monoisotopic (exact) mass is 322 g/mol. The molecular formula is C18H30N2OS. The largest absolute Gasteiger partial charge is 0.298 e. The molecule has 5 unspecified atom stereocenters. The van der Waals surface area contributed by atoms with E-state index in [9.17, 15) is 4.79 Å². The molecular weight excluding hydrogens is 292 g/mol. The van der Waals surface area contributed by atoms with Gasteiger partial charge in [-0.15, -0.1) is 0 Å². The van der Waals surface area contributed by atoms with E-state index in [1.165, 1.54) is 51.4 Å². The SMILES string of the molecule is CC1CCC([C@H]2CC(=O)C3NC(C4CCCCC4)NC3C2)S1. The number of thioether (sulfide) groups is 1. The summed E-state index contributed by atoms with van der Waals surface area (Å²) in [5.41, 5.74) is 0. The van der Waals surface area contributed by atoms with Crippen LogP contribution in [0.3, 0.4) is 0 Å². The molecule has 0 bridgehead atoms. The summed E-state index contributed by atoms with van der Waals surface area (Å²) in [5.74, 6) is 1.83. The second-order valence-electron chi connectivity index (χ2n) is 8.02. The summed E-state index contributed by atoms with van der Waals surface area (Å²) >= 11 is 2.14. The molecule has 124 valence electrons. The second kappa shape index (κ2) is 6.45. The fraction of sp³-hybridized carbons (Fsp3) is 0.944. The van der Waals surface area contributed by atoms with Crippen LogP contribution in [-0.2, 0) is 4.79 Å². The lowest BCUT2D eigenvalue weighted by Gasteiger charge is -2.33. The molecule has 0 aromatic heterocycles. The zero-order valence-electron chi connectivity index (χ0n) is 13.7. The lowest BCUT2D eigenvalue weighted by atomic mass is 9.79. The van der Waals surface area contributed by atoms with Crippen molar-refractivity contribution in [3.05, 3.63) is 0 Å². The number of carbonyl (C=O) groups excluding carboxylic acids is 1. The number of hydrogen-bond acceptors (Lipinski definition) is 4. The van der Waals surface area contributed by atoms with Crippen LogP contribution in [0.5, 0.6) is 0 Å². The average molecular weight is 323 g/mol. The van der Waals surface area contributed by atoms with Crippen LogP contribution in [0.2, 0.25) is 0 Å². The number of rotatable bonds is 2. The molecule has 2 saturated heterocycles. The summed E-state index contributed by atoms with van der Waals surface area (Å²) in [5, 5.41) is 9.01. The Balaban J connectivity index is 1.39. The number of nitrogens with one attached hydrogen (secondary N) is 2. The van der Waals surface area contributed by atoms with Crippen molar-refractivity contribution in [1.82, 2.24) is 10.6 Å². The van der Waals surface area contributed by atoms with E-state index in [-0.39, 0.29) is 6.04 Å². The zero-order chi connectivity index (χ0) is 15.1. The van der Waals surface area contributed by atoms with Crippen molar-refractivity contribution in [3.8, 4) is 0 Å². The molecule has 4 rings (SSSR count). The van der Waals surface area contributed by atoms with Crippen molar-refractivity contribution < 1.29 is 4.79 Å². The first-order valence-corrected chi connectivity index (χ1v) is 10.4. The minimum absolute atomic E-state index is 0.104. The standard InChI is InChI=1S/C18H30N2OS/c1-11-7-8-16(22-11)13-9-14-17(15(21)10-13)20-18(19-14)12-5-3-2-4-6-12/h11-14,16-20H,2-10H2,1H3/t11?,13-,14?,16?,17?,18?/m1/s1. The molecule has 2 heterocycles. The van der Waals surface area contributed by atoms with E-state index in [0.717, 1.165) is 22.8 Å². The van der Waals surface area contributed by atoms with Crippen LogP contribution in [0.1, 0.15) is 64.7 Å². The Bertz CT molecular complexity index is 423. The highest BCUT2D eigenvalue weighted by Crippen LogP contribution is 2.43. The highest BCUT2D eigenvalue weighted by molar-refractivity contribution is 8.00. The molecule has 0 radical (unpaired) electrons. The summed E-state index contributed by atoms with van der Waals surface area (Å²) in [6.07, 6.45) is 11.9. The Morgan fingerprint density at radius 3 is 2.55 bits per heavy atom. The lowest BCUT2D eigenvalue weighted by Crippen LogP contribution is -2.48. The van der Waals surface area contributed by atoms with Crippen LogP contribution in [0.15, 0.2) is 0 Å². The number of ketones is 1. The normalized spacial score (nSPS) is 46.9. The van der Waals surface area contributed by atoms with Gasteiger partial charge in [0.15, 0.2) is 5.78 Å². The van der Waals surface area contributed by atoms with Gasteiger partial charge in [0, 0.05) is 23.0 Å². The highest BCUT2D eigenvalue weighted by atomic mass is 32.2. The molecule has 6 atom stereocenters. The van der Waals surface area contributed by atoms with Gasteiger partial charge < -0.3 is 0 Å². The van der Waals surface area contributed by atoms with Gasteiger partial charge in [-0.2, -0.15) is 11.8 Å². The molecule has 2 saturated carbocycles. The van der Waals surface area contributed by atoms with Crippen molar-refractivity contribution in [3.63, 3.8) is 0 Å². The van der Waals surface area contributed by atoms with E-state index >= 15 is 0 Å². The second-order valence-corrected chi connectivity index (χ2v) is 9.70. The van der Waals surface area contributed by atoms with E-state index in [2.05, 4.69) is 29.3 Å². The van der Waals surface area contributed by atoms with Crippen LogP contribution >= 0.6 is 11.8 Å². The minimum atomic E-state index is 0.104. The Hall–Kier alpha value is -0.0600. The number of hydrogen-bond donors (Lipinski definition) is 2. The molecule has 4 heteroatoms. The third-order valence-electron chi connectivity index (χ3n) is 6.43. The van der Waals surface area contributed by atoms with Crippen molar-refractivity contribution in [2.24, 2.45) is 11.8 Å². The molecule has 0 aromatic rings. The average Bonchev–Trinajstić information content (AvgIpc) is 3.14. The first-order chi connectivity index (χ1) is 10.7. The van der Waals surface area contributed by atoms with E-state index < -0.39 is 0 Å². The molecule has 22 heavy (non-hydrogen) atoms. The van der Waals surface area contributed by atoms with Gasteiger partial charge in [-0.1, -0.05) is 26.2 Å². The van der Waals surface area contributed by atoms with Gasteiger partial charge in [-0.3, -0.25) is 15.4 Å². The molecule has 3 nitrogen and oxygen atoms in total. The smallest absolute Gasteiger partial charge is 0.151 e. The van der Waals surface area contributed by atoms with Crippen LogP contribution < -0.4 is 10.6 Å². The number of carbonyl (C=O) groups is 1. The van der Waals surface area contributed by atoms with E-state index in [1.54, 1.807) is 0 Å². The van der Waals surface area contributed by atoms with Crippen molar-refractivity contribution in [1.29, 1.82) is 0 Å². The van der Waals surface area contributed by atoms with Crippen molar-refractivity contribution >= 4 is 17.5 Å². The van der Waals surface area contributed by atoms with E-state index in [0.29, 0.717) is 23.9 Å². The van der Waals surface area contributed by atoms with Gasteiger partial charge in [-0.25, -0.2) is 0 Å². The van der Waals surface area contributed by atoms with Crippen molar-refractivity contribution in [2.45, 2.75) is 93.5 Å². The Morgan fingerprint density at radius 2 is 1.82 bits per heavy atom. The fourth-order valence-corrected chi connectivity index (χ4v) is 6.77. The first-order valence-electron chi connectivity index (χ1n) is 9.41. The number of Topliss-reactive ketones (excluding diaryl/α,β-unsaturated/α-hetero) is 1. The molecule has 4 fully saturated rings. The van der Waals surface area contributed by atoms with E-state index in [1.807, 2.05) is 0 Å². The van der Waals surface area contributed by atoms with Crippen molar-refractivity contribution in [2.75, 3.05) is 0 Å². The molecule has 2 N–H and O–H groups in total. The van der Waals surface area contributed by atoms with Crippen LogP contribution in [-0.4, -0.2) is 34.5 Å². The van der Waals surface area contributed by atoms with Crippen LogP contribution in [0.25, 0.3) is 0 Å². The van der Waals surface area contributed by atoms with Gasteiger partial charge in [0.25, 0.3) is 0 Å². The molecule has 2 aliphatic carbocycles. The Morgan fingerprint density at radius 1 is 1.00 bits per heavy atom. The van der Waals surface area contributed by atoms with Gasteiger partial charge in [0.2, 0.25) is 0 Å². The summed E-state index contributed by atoms with van der Waals surface area (Å²) in [7, 11) is 0. The van der Waals surface area contributed by atoms with Gasteiger partial charge in [0.1, 0.15) is 0 Å². The maximum Gasteiger partial charge on any atom is 0.151 e. The van der Waals surface area contributed by atoms with E-state index in [4.69, 9.17) is 0 Å². The Kier molecular flexibility index (Phi) is 4.53. The molecule has 0 aromatic carbocycles. The molecule has 0 amide bonds. The summed E-state index contributed by atoms with van der Waals surface area (Å²) < 4.78 is 0. The Labute approximate surface area is 138 Å². The van der Waals surface area contributed by atoms with Crippen LogP contribution in [0.4, 0.5) is 0 Å². The molecule has 2 aliphatic heterocycles. The summed E-state index contributed by atoms with van der Waals surface area (Å²) in [4.78, 5) is 12.6. The summed E-state index contributed by atoms with van der Waals surface area (Å²) in [6.45, 7) is 2.34.